The van der Waals surface area contributed by atoms with Crippen LogP contribution in [0.5, 0.6) is 0 Å². The number of amides is 1. The molecule has 3 rings (SSSR count). The molecule has 1 aromatic heterocycles. The number of para-hydroxylation sites is 1. The Labute approximate surface area is 143 Å². The first kappa shape index (κ1) is 15.5. The van der Waals surface area contributed by atoms with E-state index in [2.05, 4.69) is 31.9 Å². The maximum Gasteiger partial charge on any atom is 0.263 e. The van der Waals surface area contributed by atoms with E-state index >= 15 is 0 Å². The number of fused-ring (bicyclic) bond motifs is 1. The van der Waals surface area contributed by atoms with Crippen LogP contribution in [0.4, 0.5) is 5.69 Å². The Kier molecular flexibility index (Phi) is 3.74. The van der Waals surface area contributed by atoms with E-state index < -0.39 is 17.3 Å². The molecule has 0 spiro atoms. The number of rotatable bonds is 3. The lowest BCUT2D eigenvalue weighted by molar-refractivity contribution is -0.135. The number of aliphatic hydroxyl groups is 1. The molecule has 1 aliphatic rings. The molecule has 22 heavy (non-hydrogen) atoms. The van der Waals surface area contributed by atoms with Gasteiger partial charge in [0.1, 0.15) is 0 Å². The van der Waals surface area contributed by atoms with Crippen LogP contribution in [-0.4, -0.2) is 23.8 Å². The van der Waals surface area contributed by atoms with Gasteiger partial charge in [0.25, 0.3) is 5.91 Å². The summed E-state index contributed by atoms with van der Waals surface area (Å²) >= 11 is 6.38. The van der Waals surface area contributed by atoms with Crippen molar-refractivity contribution in [2.45, 2.75) is 12.0 Å². The van der Waals surface area contributed by atoms with Gasteiger partial charge in [0.05, 0.1) is 16.6 Å². The Morgan fingerprint density at radius 1 is 1.36 bits per heavy atom. The minimum atomic E-state index is -1.87. The minimum Gasteiger partial charge on any atom is -0.445 e. The molecule has 0 saturated heterocycles. The van der Waals surface area contributed by atoms with Gasteiger partial charge in [-0.05, 0) is 37.9 Å². The molecule has 1 atom stereocenters. The number of furan rings is 1. The first-order valence-corrected chi connectivity index (χ1v) is 8.01. The number of Topliss-reactive ketones (excluding diaryl/α,β-unsaturated/α-hetero) is 1. The molecule has 0 saturated carbocycles. The van der Waals surface area contributed by atoms with Crippen molar-refractivity contribution in [1.82, 2.24) is 0 Å². The molecular formula is C15H11Br2NO4. The molecule has 2 heterocycles. The summed E-state index contributed by atoms with van der Waals surface area (Å²) in [4.78, 5) is 26.1. The number of carbonyl (C=O) groups excluding carboxylic acids is 2. The van der Waals surface area contributed by atoms with Gasteiger partial charge in [0.2, 0.25) is 5.78 Å². The van der Waals surface area contributed by atoms with Crippen molar-refractivity contribution < 1.29 is 19.1 Å². The fourth-order valence-corrected chi connectivity index (χ4v) is 3.17. The van der Waals surface area contributed by atoms with Crippen molar-refractivity contribution in [2.75, 3.05) is 11.9 Å². The largest absolute Gasteiger partial charge is 0.445 e. The lowest BCUT2D eigenvalue weighted by atomic mass is 9.89. The van der Waals surface area contributed by atoms with Gasteiger partial charge in [-0.15, -0.1) is 0 Å². The smallest absolute Gasteiger partial charge is 0.263 e. The van der Waals surface area contributed by atoms with Gasteiger partial charge in [-0.25, -0.2) is 0 Å². The van der Waals surface area contributed by atoms with Gasteiger partial charge in [0.15, 0.2) is 16.0 Å². The van der Waals surface area contributed by atoms with Crippen LogP contribution in [0, 0.1) is 0 Å². The second-order valence-electron chi connectivity index (χ2n) is 5.07. The standard InChI is InChI=1S/C15H11Br2NO4/c1-18-10-5-3-2-4-8(10)15(21,14(18)20)7-11(19)12-6-9(16)13(17)22-12/h2-6,21H,7H2,1H3/t15-/m0/s1. The Hall–Kier alpha value is -1.44. The van der Waals surface area contributed by atoms with Crippen molar-refractivity contribution >= 4 is 49.2 Å². The molecule has 0 unspecified atom stereocenters. The zero-order valence-corrected chi connectivity index (χ0v) is 14.6. The molecule has 1 aliphatic heterocycles. The number of hydrogen-bond acceptors (Lipinski definition) is 4. The second kappa shape index (κ2) is 5.33. The van der Waals surface area contributed by atoms with E-state index in [0.29, 0.717) is 20.4 Å². The van der Waals surface area contributed by atoms with Crippen molar-refractivity contribution in [3.63, 3.8) is 0 Å². The molecule has 1 aromatic carbocycles. The van der Waals surface area contributed by atoms with Crippen molar-refractivity contribution in [1.29, 1.82) is 0 Å². The zero-order valence-electron chi connectivity index (χ0n) is 11.5. The number of hydrogen-bond donors (Lipinski definition) is 1. The van der Waals surface area contributed by atoms with E-state index in [4.69, 9.17) is 4.42 Å². The third-order valence-electron chi connectivity index (χ3n) is 3.71. The fraction of sp³-hybridized carbons (Fsp3) is 0.200. The van der Waals surface area contributed by atoms with Gasteiger partial charge < -0.3 is 14.4 Å². The highest BCUT2D eigenvalue weighted by molar-refractivity contribution is 9.13. The van der Waals surface area contributed by atoms with Crippen LogP contribution in [0.25, 0.3) is 0 Å². The maximum atomic E-state index is 12.4. The molecule has 114 valence electrons. The third kappa shape index (κ3) is 2.24. The van der Waals surface area contributed by atoms with Gasteiger partial charge in [-0.1, -0.05) is 18.2 Å². The molecule has 5 nitrogen and oxygen atoms in total. The topological polar surface area (TPSA) is 70.8 Å². The van der Waals surface area contributed by atoms with Crippen molar-refractivity contribution in [3.8, 4) is 0 Å². The van der Waals surface area contributed by atoms with E-state index in [9.17, 15) is 14.7 Å². The number of anilines is 1. The van der Waals surface area contributed by atoms with Crippen LogP contribution in [0.3, 0.4) is 0 Å². The normalized spacial score (nSPS) is 20.4. The summed E-state index contributed by atoms with van der Waals surface area (Å²) in [6.45, 7) is 0. The quantitative estimate of drug-likeness (QED) is 0.761. The third-order valence-corrected chi connectivity index (χ3v) is 5.42. The van der Waals surface area contributed by atoms with Gasteiger partial charge in [-0.2, -0.15) is 0 Å². The molecule has 1 N–H and O–H groups in total. The van der Waals surface area contributed by atoms with Crippen LogP contribution in [0.1, 0.15) is 22.5 Å². The molecule has 1 amide bonds. The lowest BCUT2D eigenvalue weighted by Gasteiger charge is -2.20. The van der Waals surface area contributed by atoms with Gasteiger partial charge >= 0.3 is 0 Å². The van der Waals surface area contributed by atoms with Crippen molar-refractivity contribution in [2.24, 2.45) is 0 Å². The molecule has 0 aliphatic carbocycles. The summed E-state index contributed by atoms with van der Waals surface area (Å²) in [5.41, 5.74) is -0.834. The highest BCUT2D eigenvalue weighted by atomic mass is 79.9. The molecular weight excluding hydrogens is 418 g/mol. The molecule has 2 aromatic rings. The Morgan fingerprint density at radius 2 is 2.05 bits per heavy atom. The second-order valence-corrected chi connectivity index (χ2v) is 6.65. The van der Waals surface area contributed by atoms with Crippen LogP contribution in [0.2, 0.25) is 0 Å². The van der Waals surface area contributed by atoms with Crippen LogP contribution >= 0.6 is 31.9 Å². The first-order valence-electron chi connectivity index (χ1n) is 6.42. The Morgan fingerprint density at radius 3 is 2.68 bits per heavy atom. The molecule has 7 heteroatoms. The van der Waals surface area contributed by atoms with Crippen LogP contribution < -0.4 is 4.90 Å². The number of halogens is 2. The maximum absolute atomic E-state index is 12.4. The SMILES string of the molecule is CN1C(=O)[C@](O)(CC(=O)c2cc(Br)c(Br)o2)c2ccccc21. The highest BCUT2D eigenvalue weighted by Crippen LogP contribution is 2.42. The summed E-state index contributed by atoms with van der Waals surface area (Å²) in [5, 5.41) is 10.8. The van der Waals surface area contributed by atoms with Crippen molar-refractivity contribution in [3.05, 3.63) is 50.8 Å². The molecule has 0 radical (unpaired) electrons. The van der Waals surface area contributed by atoms with E-state index in [0.717, 1.165) is 0 Å². The van der Waals surface area contributed by atoms with E-state index in [-0.39, 0.29) is 12.2 Å². The lowest BCUT2D eigenvalue weighted by Crippen LogP contribution is -2.40. The highest BCUT2D eigenvalue weighted by Gasteiger charge is 2.49. The Balaban J connectivity index is 1.97. The average Bonchev–Trinajstić information content (AvgIpc) is 2.92. The van der Waals surface area contributed by atoms with Gasteiger partial charge in [-0.3, -0.25) is 9.59 Å². The number of nitrogens with zero attached hydrogens (tertiary/aromatic N) is 1. The summed E-state index contributed by atoms with van der Waals surface area (Å²) in [6.07, 6.45) is -0.375. The summed E-state index contributed by atoms with van der Waals surface area (Å²) in [7, 11) is 1.57. The average molecular weight is 429 g/mol. The van der Waals surface area contributed by atoms with E-state index in [1.807, 2.05) is 0 Å². The summed E-state index contributed by atoms with van der Waals surface area (Å²) in [6, 6.07) is 8.39. The van der Waals surface area contributed by atoms with Gasteiger partial charge in [0, 0.05) is 18.7 Å². The summed E-state index contributed by atoms with van der Waals surface area (Å²) in [5.74, 6) is -0.897. The first-order chi connectivity index (χ1) is 10.3. The fourth-order valence-electron chi connectivity index (χ4n) is 2.59. The van der Waals surface area contributed by atoms with Crippen LogP contribution in [0.15, 0.2) is 43.9 Å². The number of benzene rings is 1. The predicted octanol–water partition coefficient (Wildman–Crippen LogP) is 3.24. The minimum absolute atomic E-state index is 0.0759. The van der Waals surface area contributed by atoms with E-state index in [1.54, 1.807) is 31.3 Å². The number of ketones is 1. The molecule has 0 fully saturated rings. The predicted molar refractivity (Wildman–Crippen MR) is 86.8 cm³/mol. The number of carbonyl (C=O) groups is 2. The monoisotopic (exact) mass is 427 g/mol. The van der Waals surface area contributed by atoms with E-state index in [1.165, 1.54) is 11.0 Å². The Bertz CT molecular complexity index is 766. The zero-order chi connectivity index (χ0) is 16.1. The van der Waals surface area contributed by atoms with Crippen LogP contribution in [-0.2, 0) is 10.4 Å². The summed E-state index contributed by atoms with van der Waals surface area (Å²) < 4.78 is 6.25. The molecule has 0 bridgehead atoms. The number of likely N-dealkylation sites (N-methyl/N-ethyl adjacent to an activating group) is 1.